The Bertz CT molecular complexity index is 1400. The highest BCUT2D eigenvalue weighted by molar-refractivity contribution is 5.71. The van der Waals surface area contributed by atoms with Crippen LogP contribution in [0.15, 0.2) is 72.9 Å². The van der Waals surface area contributed by atoms with Crippen molar-refractivity contribution in [2.24, 2.45) is 0 Å². The molecule has 0 aromatic heterocycles. The fourth-order valence-electron chi connectivity index (χ4n) is 9.42. The Hall–Kier alpha value is -3.15. The van der Waals surface area contributed by atoms with E-state index >= 15 is 0 Å². The maximum atomic E-state index is 12.9. The quantitative estimate of drug-likeness (QED) is 0.0261. The maximum Gasteiger partial charge on any atom is 0.306 e. The predicted molar refractivity (Wildman–Crippen MR) is 330 cm³/mol. The van der Waals surface area contributed by atoms with E-state index in [0.29, 0.717) is 19.3 Å². The zero-order valence-electron chi connectivity index (χ0n) is 50.5. The molecular weight excluding hydrogens is 937 g/mol. The molecule has 76 heavy (non-hydrogen) atoms. The lowest BCUT2D eigenvalue weighted by Gasteiger charge is -2.18. The summed E-state index contributed by atoms with van der Waals surface area (Å²) in [7, 11) is 0. The zero-order chi connectivity index (χ0) is 55.0. The number of rotatable bonds is 60. The summed E-state index contributed by atoms with van der Waals surface area (Å²) in [4.78, 5) is 38.3. The number of carbonyl (C=O) groups excluding carboxylic acids is 3. The van der Waals surface area contributed by atoms with Crippen molar-refractivity contribution in [3.63, 3.8) is 0 Å². The van der Waals surface area contributed by atoms with Crippen LogP contribution in [-0.2, 0) is 28.6 Å². The first kappa shape index (κ1) is 72.8. The van der Waals surface area contributed by atoms with Crippen molar-refractivity contribution < 1.29 is 28.6 Å². The number of allylic oxidation sites excluding steroid dienone is 12. The lowest BCUT2D eigenvalue weighted by molar-refractivity contribution is -0.167. The van der Waals surface area contributed by atoms with Gasteiger partial charge in [0.15, 0.2) is 6.10 Å². The highest BCUT2D eigenvalue weighted by Crippen LogP contribution is 2.17. The summed E-state index contributed by atoms with van der Waals surface area (Å²) in [5.74, 6) is -0.890. The second kappa shape index (κ2) is 64.4. The maximum absolute atomic E-state index is 12.9. The van der Waals surface area contributed by atoms with Crippen LogP contribution in [0.3, 0.4) is 0 Å². The molecule has 6 heteroatoms. The minimum atomic E-state index is -0.786. The van der Waals surface area contributed by atoms with Crippen molar-refractivity contribution in [3.05, 3.63) is 72.9 Å². The van der Waals surface area contributed by atoms with E-state index in [1.165, 1.54) is 199 Å². The molecule has 0 amide bonds. The number of carbonyl (C=O) groups is 3. The molecule has 0 bridgehead atoms. The Labute approximate surface area is 472 Å². The summed E-state index contributed by atoms with van der Waals surface area (Å²) < 4.78 is 16.9. The lowest BCUT2D eigenvalue weighted by Crippen LogP contribution is -2.30. The van der Waals surface area contributed by atoms with Crippen LogP contribution in [0.25, 0.3) is 0 Å². The molecule has 0 fully saturated rings. The van der Waals surface area contributed by atoms with E-state index in [1.54, 1.807) is 0 Å². The van der Waals surface area contributed by atoms with Crippen molar-refractivity contribution in [2.75, 3.05) is 13.2 Å². The molecule has 0 rings (SSSR count). The van der Waals surface area contributed by atoms with E-state index in [2.05, 4.69) is 93.7 Å². The van der Waals surface area contributed by atoms with Crippen LogP contribution >= 0.6 is 0 Å². The van der Waals surface area contributed by atoms with Gasteiger partial charge in [0.1, 0.15) is 13.2 Å². The molecule has 0 aliphatic heterocycles. The summed E-state index contributed by atoms with van der Waals surface area (Å²) in [6.07, 6.45) is 83.4. The van der Waals surface area contributed by atoms with Crippen LogP contribution < -0.4 is 0 Å². The van der Waals surface area contributed by atoms with Gasteiger partial charge in [-0.2, -0.15) is 0 Å². The second-order valence-corrected chi connectivity index (χ2v) is 22.0. The summed E-state index contributed by atoms with van der Waals surface area (Å²) >= 11 is 0. The van der Waals surface area contributed by atoms with Crippen molar-refractivity contribution in [3.8, 4) is 0 Å². The van der Waals surface area contributed by atoms with Crippen molar-refractivity contribution in [1.82, 2.24) is 0 Å². The third-order valence-electron chi connectivity index (χ3n) is 14.4. The average molecular weight is 1060 g/mol. The van der Waals surface area contributed by atoms with Gasteiger partial charge in [-0.15, -0.1) is 0 Å². The molecule has 0 aliphatic rings. The number of esters is 3. The molecule has 1 unspecified atom stereocenters. The zero-order valence-corrected chi connectivity index (χ0v) is 50.5. The molecule has 0 saturated carbocycles. The normalized spacial score (nSPS) is 12.5. The Morgan fingerprint density at radius 2 is 0.474 bits per heavy atom. The Balaban J connectivity index is 4.26. The Morgan fingerprint density at radius 3 is 0.776 bits per heavy atom. The molecule has 0 aliphatic carbocycles. The summed E-state index contributed by atoms with van der Waals surface area (Å²) in [6.45, 7) is 6.60. The Kier molecular flexibility index (Phi) is 61.7. The van der Waals surface area contributed by atoms with Gasteiger partial charge < -0.3 is 14.2 Å². The first-order chi connectivity index (χ1) is 37.5. The smallest absolute Gasteiger partial charge is 0.306 e. The monoisotopic (exact) mass is 1060 g/mol. The molecule has 1 atom stereocenters. The van der Waals surface area contributed by atoms with E-state index in [1.807, 2.05) is 0 Å². The summed E-state index contributed by atoms with van der Waals surface area (Å²) in [5, 5.41) is 0. The van der Waals surface area contributed by atoms with Crippen LogP contribution in [0.1, 0.15) is 335 Å². The molecule has 0 spiro atoms. The average Bonchev–Trinajstić information content (AvgIpc) is 3.42. The molecule has 0 aromatic rings. The second-order valence-electron chi connectivity index (χ2n) is 22.0. The highest BCUT2D eigenvalue weighted by atomic mass is 16.6. The van der Waals surface area contributed by atoms with Crippen LogP contribution in [0, 0.1) is 0 Å². The molecule has 0 N–H and O–H groups in total. The minimum absolute atomic E-state index is 0.0815. The van der Waals surface area contributed by atoms with Crippen molar-refractivity contribution >= 4 is 17.9 Å². The van der Waals surface area contributed by atoms with E-state index < -0.39 is 6.10 Å². The van der Waals surface area contributed by atoms with Crippen LogP contribution in [0.5, 0.6) is 0 Å². The molecule has 0 saturated heterocycles. The topological polar surface area (TPSA) is 78.9 Å². The van der Waals surface area contributed by atoms with Gasteiger partial charge in [0.25, 0.3) is 0 Å². The van der Waals surface area contributed by atoms with Gasteiger partial charge >= 0.3 is 17.9 Å². The molecular formula is C70H124O6. The largest absolute Gasteiger partial charge is 0.462 e. The van der Waals surface area contributed by atoms with Gasteiger partial charge in [-0.3, -0.25) is 14.4 Å². The molecule has 6 nitrogen and oxygen atoms in total. The standard InChI is InChI=1S/C70H124O6/c1-4-7-10-13-16-19-22-25-27-29-31-32-33-34-35-36-37-38-40-41-43-45-48-51-54-57-60-63-69(72)75-66-67(65-74-68(71)62-59-56-53-50-47-24-21-18-15-12-9-6-3)76-70(73)64-61-58-55-52-49-46-44-42-39-30-28-26-23-20-17-14-11-8-5-2/h17-18,20-22,25-26,28-29,31,39,42,67H,4-16,19,23-24,27,30,32-38,40-41,43-66H2,1-3H3/b20-17-,21-18-,25-22-,28-26-,31-29-,42-39-. The molecule has 0 radical (unpaired) electrons. The van der Waals surface area contributed by atoms with Gasteiger partial charge in [-0.25, -0.2) is 0 Å². The van der Waals surface area contributed by atoms with Gasteiger partial charge in [-0.05, 0) is 116 Å². The van der Waals surface area contributed by atoms with Crippen LogP contribution in [-0.4, -0.2) is 37.2 Å². The summed E-state index contributed by atoms with van der Waals surface area (Å²) in [6, 6.07) is 0. The fourth-order valence-corrected chi connectivity index (χ4v) is 9.42. The van der Waals surface area contributed by atoms with Gasteiger partial charge in [0.05, 0.1) is 0 Å². The molecule has 0 heterocycles. The first-order valence-corrected chi connectivity index (χ1v) is 32.9. The third kappa shape index (κ3) is 61.7. The van der Waals surface area contributed by atoms with Crippen molar-refractivity contribution in [2.45, 2.75) is 341 Å². The van der Waals surface area contributed by atoms with E-state index in [0.717, 1.165) is 96.3 Å². The number of hydrogen-bond donors (Lipinski definition) is 0. The third-order valence-corrected chi connectivity index (χ3v) is 14.4. The lowest BCUT2D eigenvalue weighted by atomic mass is 10.0. The van der Waals surface area contributed by atoms with Crippen LogP contribution in [0.2, 0.25) is 0 Å². The molecule has 440 valence electrons. The first-order valence-electron chi connectivity index (χ1n) is 32.9. The summed E-state index contributed by atoms with van der Waals surface area (Å²) in [5.41, 5.74) is 0. The predicted octanol–water partition coefficient (Wildman–Crippen LogP) is 22.5. The fraction of sp³-hybridized carbons (Fsp3) is 0.786. The number of unbranched alkanes of at least 4 members (excludes halogenated alkanes) is 37. The van der Waals surface area contributed by atoms with E-state index in [9.17, 15) is 14.4 Å². The van der Waals surface area contributed by atoms with Crippen molar-refractivity contribution in [1.29, 1.82) is 0 Å². The van der Waals surface area contributed by atoms with E-state index in [-0.39, 0.29) is 31.1 Å². The van der Waals surface area contributed by atoms with Gasteiger partial charge in [0.2, 0.25) is 0 Å². The molecule has 0 aromatic carbocycles. The van der Waals surface area contributed by atoms with Crippen LogP contribution in [0.4, 0.5) is 0 Å². The SMILES string of the molecule is CCCCC/C=C\C/C=C\C/C=C\CCCCCCCCC(=O)OC(COC(=O)CCCCCCC/C=C\CCCCC)COC(=O)CCCCCCCCCCCCCCCCC/C=C\C/C=C\CCCCCCC. The number of ether oxygens (including phenoxy) is 3. The highest BCUT2D eigenvalue weighted by Gasteiger charge is 2.19. The van der Waals surface area contributed by atoms with Gasteiger partial charge in [0, 0.05) is 19.3 Å². The Morgan fingerprint density at radius 1 is 0.263 bits per heavy atom. The minimum Gasteiger partial charge on any atom is -0.462 e. The van der Waals surface area contributed by atoms with E-state index in [4.69, 9.17) is 14.2 Å². The van der Waals surface area contributed by atoms with Gasteiger partial charge in [-0.1, -0.05) is 273 Å². The number of hydrogen-bond acceptors (Lipinski definition) is 6.